The predicted octanol–water partition coefficient (Wildman–Crippen LogP) is 2.70. The minimum absolute atomic E-state index is 0.0359. The molecule has 1 amide bonds. The molecular formula is C14H16N2O. The Morgan fingerprint density at radius 2 is 2.24 bits per heavy atom. The van der Waals surface area contributed by atoms with E-state index in [1.54, 1.807) is 0 Å². The Labute approximate surface area is 100 Å². The Hall–Kier alpha value is -1.77. The quantitative estimate of drug-likeness (QED) is 0.830. The maximum Gasteiger partial charge on any atom is 0.251 e. The highest BCUT2D eigenvalue weighted by Gasteiger charge is 2.20. The SMILES string of the molecule is O=C(NCCC1CC1)c1ccc2[nH]ccc2c1. The van der Waals surface area contributed by atoms with Gasteiger partial charge in [0.1, 0.15) is 0 Å². The Morgan fingerprint density at radius 3 is 3.06 bits per heavy atom. The van der Waals surface area contributed by atoms with Crippen molar-refractivity contribution in [2.45, 2.75) is 19.3 Å². The normalized spacial score (nSPS) is 15.1. The summed E-state index contributed by atoms with van der Waals surface area (Å²) in [6.45, 7) is 0.800. The van der Waals surface area contributed by atoms with Crippen molar-refractivity contribution in [2.24, 2.45) is 5.92 Å². The molecule has 88 valence electrons. The predicted molar refractivity (Wildman–Crippen MR) is 68.0 cm³/mol. The van der Waals surface area contributed by atoms with E-state index in [0.29, 0.717) is 0 Å². The van der Waals surface area contributed by atoms with Crippen molar-refractivity contribution in [2.75, 3.05) is 6.54 Å². The number of H-pyrrole nitrogens is 1. The Bertz CT molecular complexity index is 540. The molecular weight excluding hydrogens is 212 g/mol. The maximum absolute atomic E-state index is 11.9. The van der Waals surface area contributed by atoms with Gasteiger partial charge in [-0.1, -0.05) is 12.8 Å². The molecule has 1 aromatic heterocycles. The molecule has 0 atom stereocenters. The van der Waals surface area contributed by atoms with E-state index < -0.39 is 0 Å². The minimum Gasteiger partial charge on any atom is -0.361 e. The molecule has 1 aliphatic rings. The van der Waals surface area contributed by atoms with Gasteiger partial charge in [0.2, 0.25) is 0 Å². The van der Waals surface area contributed by atoms with Crippen LogP contribution in [0.5, 0.6) is 0 Å². The number of amides is 1. The topological polar surface area (TPSA) is 44.9 Å². The molecule has 17 heavy (non-hydrogen) atoms. The highest BCUT2D eigenvalue weighted by atomic mass is 16.1. The number of aromatic nitrogens is 1. The van der Waals surface area contributed by atoms with Crippen LogP contribution in [0.15, 0.2) is 30.5 Å². The zero-order valence-corrected chi connectivity index (χ0v) is 9.70. The van der Waals surface area contributed by atoms with Gasteiger partial charge in [-0.3, -0.25) is 4.79 Å². The van der Waals surface area contributed by atoms with E-state index in [4.69, 9.17) is 0 Å². The van der Waals surface area contributed by atoms with Crippen LogP contribution in [0.4, 0.5) is 0 Å². The van der Waals surface area contributed by atoms with E-state index in [0.717, 1.165) is 35.3 Å². The van der Waals surface area contributed by atoms with Crippen molar-refractivity contribution in [3.63, 3.8) is 0 Å². The molecule has 1 aromatic carbocycles. The lowest BCUT2D eigenvalue weighted by molar-refractivity contribution is 0.0953. The fraction of sp³-hybridized carbons (Fsp3) is 0.357. The molecule has 2 aromatic rings. The molecule has 0 aliphatic heterocycles. The number of hydrogen-bond donors (Lipinski definition) is 2. The smallest absolute Gasteiger partial charge is 0.251 e. The molecule has 1 aliphatic carbocycles. The van der Waals surface area contributed by atoms with Crippen LogP contribution in [0.25, 0.3) is 10.9 Å². The monoisotopic (exact) mass is 228 g/mol. The van der Waals surface area contributed by atoms with E-state index in [9.17, 15) is 4.79 Å². The average Bonchev–Trinajstić information content (AvgIpc) is 3.04. The lowest BCUT2D eigenvalue weighted by Crippen LogP contribution is -2.24. The molecule has 3 rings (SSSR count). The van der Waals surface area contributed by atoms with Crippen LogP contribution in [0, 0.1) is 5.92 Å². The molecule has 3 nitrogen and oxygen atoms in total. The number of nitrogens with one attached hydrogen (secondary N) is 2. The summed E-state index contributed by atoms with van der Waals surface area (Å²) >= 11 is 0. The molecule has 1 heterocycles. The summed E-state index contributed by atoms with van der Waals surface area (Å²) in [5, 5.41) is 4.06. The van der Waals surface area contributed by atoms with Gasteiger partial charge in [0.05, 0.1) is 0 Å². The zero-order valence-electron chi connectivity index (χ0n) is 9.70. The van der Waals surface area contributed by atoms with E-state index >= 15 is 0 Å². The molecule has 1 saturated carbocycles. The highest BCUT2D eigenvalue weighted by Crippen LogP contribution is 2.31. The third-order valence-corrected chi connectivity index (χ3v) is 3.35. The lowest BCUT2D eigenvalue weighted by atomic mass is 10.1. The van der Waals surface area contributed by atoms with Gasteiger partial charge in [-0.05, 0) is 36.6 Å². The molecule has 2 N–H and O–H groups in total. The number of fused-ring (bicyclic) bond motifs is 1. The second kappa shape index (κ2) is 4.24. The summed E-state index contributed by atoms with van der Waals surface area (Å²) in [6.07, 6.45) is 5.69. The Balaban J connectivity index is 1.66. The van der Waals surface area contributed by atoms with Crippen molar-refractivity contribution in [1.29, 1.82) is 0 Å². The van der Waals surface area contributed by atoms with Crippen LogP contribution in [-0.4, -0.2) is 17.4 Å². The third kappa shape index (κ3) is 2.33. The minimum atomic E-state index is 0.0359. The Morgan fingerprint density at radius 1 is 1.35 bits per heavy atom. The first-order chi connectivity index (χ1) is 8.33. The second-order valence-corrected chi connectivity index (χ2v) is 4.77. The summed E-state index contributed by atoms with van der Waals surface area (Å²) in [5.41, 5.74) is 1.81. The molecule has 3 heteroatoms. The fourth-order valence-electron chi connectivity index (χ4n) is 2.09. The third-order valence-electron chi connectivity index (χ3n) is 3.35. The van der Waals surface area contributed by atoms with Crippen molar-refractivity contribution >= 4 is 16.8 Å². The van der Waals surface area contributed by atoms with Gasteiger partial charge in [-0.25, -0.2) is 0 Å². The van der Waals surface area contributed by atoms with Crippen LogP contribution in [0.3, 0.4) is 0 Å². The number of carbonyl (C=O) groups excluding carboxylic acids is 1. The average molecular weight is 228 g/mol. The van der Waals surface area contributed by atoms with E-state index in [1.165, 1.54) is 12.8 Å². The first-order valence-electron chi connectivity index (χ1n) is 6.18. The number of rotatable bonds is 4. The van der Waals surface area contributed by atoms with Gasteiger partial charge in [0.25, 0.3) is 5.91 Å². The van der Waals surface area contributed by atoms with Gasteiger partial charge in [-0.15, -0.1) is 0 Å². The molecule has 0 unspecified atom stereocenters. The lowest BCUT2D eigenvalue weighted by Gasteiger charge is -2.04. The van der Waals surface area contributed by atoms with E-state index in [2.05, 4.69) is 10.3 Å². The number of carbonyl (C=O) groups is 1. The van der Waals surface area contributed by atoms with Crippen molar-refractivity contribution in [3.8, 4) is 0 Å². The van der Waals surface area contributed by atoms with Gasteiger partial charge in [0, 0.05) is 29.2 Å². The van der Waals surface area contributed by atoms with Crippen LogP contribution >= 0.6 is 0 Å². The largest absolute Gasteiger partial charge is 0.361 e. The Kier molecular flexibility index (Phi) is 2.59. The fourth-order valence-corrected chi connectivity index (χ4v) is 2.09. The second-order valence-electron chi connectivity index (χ2n) is 4.77. The van der Waals surface area contributed by atoms with Crippen LogP contribution in [0.2, 0.25) is 0 Å². The van der Waals surface area contributed by atoms with Crippen molar-refractivity contribution in [3.05, 3.63) is 36.0 Å². The summed E-state index contributed by atoms with van der Waals surface area (Å²) in [7, 11) is 0. The number of benzene rings is 1. The molecule has 0 bridgehead atoms. The van der Waals surface area contributed by atoms with Gasteiger partial charge >= 0.3 is 0 Å². The number of aromatic amines is 1. The summed E-state index contributed by atoms with van der Waals surface area (Å²) in [4.78, 5) is 15.0. The van der Waals surface area contributed by atoms with Crippen molar-refractivity contribution < 1.29 is 4.79 Å². The number of hydrogen-bond acceptors (Lipinski definition) is 1. The molecule has 0 saturated heterocycles. The summed E-state index contributed by atoms with van der Waals surface area (Å²) in [6, 6.07) is 7.73. The standard InChI is InChI=1S/C14H16N2O/c17-14(16-7-5-10-1-2-10)12-3-4-13-11(9-12)6-8-15-13/h3-4,6,8-10,15H,1-2,5,7H2,(H,16,17). The summed E-state index contributed by atoms with van der Waals surface area (Å²) < 4.78 is 0. The van der Waals surface area contributed by atoms with Gasteiger partial charge < -0.3 is 10.3 Å². The molecule has 1 fully saturated rings. The van der Waals surface area contributed by atoms with Gasteiger partial charge in [0.15, 0.2) is 0 Å². The molecule has 0 spiro atoms. The van der Waals surface area contributed by atoms with E-state index in [1.807, 2.05) is 30.5 Å². The first-order valence-corrected chi connectivity index (χ1v) is 6.18. The highest BCUT2D eigenvalue weighted by molar-refractivity contribution is 5.98. The van der Waals surface area contributed by atoms with Crippen LogP contribution in [-0.2, 0) is 0 Å². The van der Waals surface area contributed by atoms with E-state index in [-0.39, 0.29) is 5.91 Å². The van der Waals surface area contributed by atoms with Gasteiger partial charge in [-0.2, -0.15) is 0 Å². The molecule has 0 radical (unpaired) electrons. The van der Waals surface area contributed by atoms with Crippen LogP contribution in [0.1, 0.15) is 29.6 Å². The van der Waals surface area contributed by atoms with Crippen LogP contribution < -0.4 is 5.32 Å². The zero-order chi connectivity index (χ0) is 11.7. The van der Waals surface area contributed by atoms with Crippen molar-refractivity contribution in [1.82, 2.24) is 10.3 Å². The first kappa shape index (κ1) is 10.4. The maximum atomic E-state index is 11.9. The summed E-state index contributed by atoms with van der Waals surface area (Å²) in [5.74, 6) is 0.899.